The van der Waals surface area contributed by atoms with Crippen LogP contribution in [0.3, 0.4) is 0 Å². The molecule has 3 nitrogen and oxygen atoms in total. The van der Waals surface area contributed by atoms with Gasteiger partial charge in [0.1, 0.15) is 10.8 Å². The number of carbonyl (C=O) groups excluding carboxylic acids is 1. The largest absolute Gasteiger partial charge is 0.389 e. The molecule has 0 atom stereocenters. The summed E-state index contributed by atoms with van der Waals surface area (Å²) in [5.74, 6) is -0.775. The molecule has 21 heavy (non-hydrogen) atoms. The Morgan fingerprint density at radius 3 is 2.52 bits per heavy atom. The molecule has 2 rings (SSSR count). The normalized spacial score (nSPS) is 10.2. The van der Waals surface area contributed by atoms with E-state index in [1.54, 1.807) is 25.1 Å². The van der Waals surface area contributed by atoms with E-state index in [9.17, 15) is 9.18 Å². The van der Waals surface area contributed by atoms with Gasteiger partial charge >= 0.3 is 0 Å². The third-order valence-corrected chi connectivity index (χ3v) is 3.38. The van der Waals surface area contributed by atoms with Crippen molar-refractivity contribution in [3.63, 3.8) is 0 Å². The average Bonchev–Trinajstić information content (AvgIpc) is 2.37. The predicted octanol–water partition coefficient (Wildman–Crippen LogP) is 3.67. The Kier molecular flexibility index (Phi) is 4.55. The fraction of sp³-hybridized carbons (Fsp3) is 0.0667. The molecule has 0 spiro atoms. The lowest BCUT2D eigenvalue weighted by Gasteiger charge is -2.12. The van der Waals surface area contributed by atoms with E-state index in [2.05, 4.69) is 5.32 Å². The second-order valence-corrected chi connectivity index (χ2v) is 5.34. The van der Waals surface area contributed by atoms with Gasteiger partial charge in [0.25, 0.3) is 5.91 Å². The number of halogens is 2. The molecule has 108 valence electrons. The molecular formula is C15H12ClFN2OS. The van der Waals surface area contributed by atoms with Crippen LogP contribution < -0.4 is 11.1 Å². The third-order valence-electron chi connectivity index (χ3n) is 2.93. The number of nitrogens with one attached hydrogen (secondary N) is 1. The van der Waals surface area contributed by atoms with Crippen LogP contribution in [0.25, 0.3) is 0 Å². The maximum atomic E-state index is 13.1. The lowest BCUT2D eigenvalue weighted by atomic mass is 10.1. The summed E-state index contributed by atoms with van der Waals surface area (Å²) >= 11 is 10.9. The van der Waals surface area contributed by atoms with Crippen molar-refractivity contribution in [2.75, 3.05) is 5.32 Å². The molecule has 2 aromatic rings. The van der Waals surface area contributed by atoms with Crippen LogP contribution in [0.5, 0.6) is 0 Å². The second kappa shape index (κ2) is 6.20. The standard InChI is InChI=1S/C15H12ClFN2OS/c1-8-6-10(17)3-5-11(8)15(20)19-13-7-9(16)2-4-12(13)14(18)21/h2-7H,1H3,(H2,18,21)(H,19,20). The minimum absolute atomic E-state index is 0.151. The highest BCUT2D eigenvalue weighted by atomic mass is 35.5. The summed E-state index contributed by atoms with van der Waals surface area (Å²) in [6, 6.07) is 8.78. The molecule has 0 heterocycles. The zero-order chi connectivity index (χ0) is 15.6. The van der Waals surface area contributed by atoms with Gasteiger partial charge in [-0.2, -0.15) is 0 Å². The molecule has 2 aromatic carbocycles. The lowest BCUT2D eigenvalue weighted by molar-refractivity contribution is 0.102. The highest BCUT2D eigenvalue weighted by molar-refractivity contribution is 7.80. The Morgan fingerprint density at radius 2 is 1.90 bits per heavy atom. The first-order valence-corrected chi connectivity index (χ1v) is 6.84. The van der Waals surface area contributed by atoms with Crippen molar-refractivity contribution in [3.05, 3.63) is 63.9 Å². The Balaban J connectivity index is 2.35. The van der Waals surface area contributed by atoms with Gasteiger partial charge in [0.05, 0.1) is 5.69 Å². The molecule has 6 heteroatoms. The predicted molar refractivity (Wildman–Crippen MR) is 86.4 cm³/mol. The van der Waals surface area contributed by atoms with Crippen LogP contribution in [-0.2, 0) is 0 Å². The topological polar surface area (TPSA) is 55.1 Å². The molecule has 3 N–H and O–H groups in total. The SMILES string of the molecule is Cc1cc(F)ccc1C(=O)Nc1cc(Cl)ccc1C(N)=S. The summed E-state index contributed by atoms with van der Waals surface area (Å²) < 4.78 is 13.1. The van der Waals surface area contributed by atoms with Crippen molar-refractivity contribution >= 4 is 40.4 Å². The summed E-state index contributed by atoms with van der Waals surface area (Å²) in [5, 5.41) is 3.14. The number of amides is 1. The number of benzene rings is 2. The van der Waals surface area contributed by atoms with Gasteiger partial charge in [0.2, 0.25) is 0 Å². The number of carbonyl (C=O) groups is 1. The van der Waals surface area contributed by atoms with Crippen molar-refractivity contribution in [3.8, 4) is 0 Å². The Bertz CT molecular complexity index is 734. The first-order valence-electron chi connectivity index (χ1n) is 6.05. The van der Waals surface area contributed by atoms with Crippen molar-refractivity contribution in [1.82, 2.24) is 0 Å². The van der Waals surface area contributed by atoms with E-state index in [1.807, 2.05) is 0 Å². The molecule has 1 amide bonds. The van der Waals surface area contributed by atoms with Crippen LogP contribution in [0.2, 0.25) is 5.02 Å². The zero-order valence-corrected chi connectivity index (χ0v) is 12.7. The molecule has 0 aliphatic heterocycles. The quantitative estimate of drug-likeness (QED) is 0.848. The van der Waals surface area contributed by atoms with Gasteiger partial charge in [0, 0.05) is 16.1 Å². The summed E-state index contributed by atoms with van der Waals surface area (Å²) in [5.41, 5.74) is 7.45. The Labute approximate surface area is 131 Å². The molecule has 0 saturated heterocycles. The van der Waals surface area contributed by atoms with E-state index < -0.39 is 5.82 Å². The highest BCUT2D eigenvalue weighted by Gasteiger charge is 2.13. The molecule has 0 unspecified atom stereocenters. The van der Waals surface area contributed by atoms with E-state index in [0.29, 0.717) is 27.4 Å². The van der Waals surface area contributed by atoms with Crippen molar-refractivity contribution < 1.29 is 9.18 Å². The van der Waals surface area contributed by atoms with Crippen LogP contribution in [0, 0.1) is 12.7 Å². The maximum Gasteiger partial charge on any atom is 0.255 e. The highest BCUT2D eigenvalue weighted by Crippen LogP contribution is 2.22. The summed E-state index contributed by atoms with van der Waals surface area (Å²) in [6.45, 7) is 1.66. The van der Waals surface area contributed by atoms with Crippen molar-refractivity contribution in [2.24, 2.45) is 5.73 Å². The summed E-state index contributed by atoms with van der Waals surface area (Å²) in [6.07, 6.45) is 0. The number of thiocarbonyl (C=S) groups is 1. The smallest absolute Gasteiger partial charge is 0.255 e. The van der Waals surface area contributed by atoms with Gasteiger partial charge < -0.3 is 11.1 Å². The van der Waals surface area contributed by atoms with Gasteiger partial charge in [-0.05, 0) is 48.9 Å². The second-order valence-electron chi connectivity index (χ2n) is 4.47. The van der Waals surface area contributed by atoms with Gasteiger partial charge in [0.15, 0.2) is 0 Å². The van der Waals surface area contributed by atoms with Crippen molar-refractivity contribution in [1.29, 1.82) is 0 Å². The zero-order valence-electron chi connectivity index (χ0n) is 11.1. The number of rotatable bonds is 3. The lowest BCUT2D eigenvalue weighted by Crippen LogP contribution is -2.18. The fourth-order valence-electron chi connectivity index (χ4n) is 1.91. The van der Waals surface area contributed by atoms with Gasteiger partial charge in [-0.1, -0.05) is 23.8 Å². The minimum Gasteiger partial charge on any atom is -0.389 e. The van der Waals surface area contributed by atoms with Crippen LogP contribution >= 0.6 is 23.8 Å². The van der Waals surface area contributed by atoms with Gasteiger partial charge in [-0.25, -0.2) is 4.39 Å². The van der Waals surface area contributed by atoms with E-state index in [4.69, 9.17) is 29.6 Å². The fourth-order valence-corrected chi connectivity index (χ4v) is 2.26. The van der Waals surface area contributed by atoms with Gasteiger partial charge in [-0.15, -0.1) is 0 Å². The van der Waals surface area contributed by atoms with Crippen LogP contribution in [0.4, 0.5) is 10.1 Å². The molecule has 0 aliphatic carbocycles. The van der Waals surface area contributed by atoms with E-state index in [1.165, 1.54) is 18.2 Å². The number of hydrogen-bond acceptors (Lipinski definition) is 2. The number of aryl methyl sites for hydroxylation is 1. The Hall–Kier alpha value is -1.98. The van der Waals surface area contributed by atoms with Crippen LogP contribution in [0.1, 0.15) is 21.5 Å². The molecular weight excluding hydrogens is 311 g/mol. The van der Waals surface area contributed by atoms with E-state index in [0.717, 1.165) is 0 Å². The van der Waals surface area contributed by atoms with Crippen LogP contribution in [0.15, 0.2) is 36.4 Å². The minimum atomic E-state index is -0.393. The average molecular weight is 323 g/mol. The molecule has 0 saturated carbocycles. The monoisotopic (exact) mass is 322 g/mol. The molecule has 0 aliphatic rings. The molecule has 0 fully saturated rings. The summed E-state index contributed by atoms with van der Waals surface area (Å²) in [4.78, 5) is 12.4. The van der Waals surface area contributed by atoms with Crippen LogP contribution in [-0.4, -0.2) is 10.9 Å². The summed E-state index contributed by atoms with van der Waals surface area (Å²) in [7, 11) is 0. The number of nitrogens with two attached hydrogens (primary N) is 1. The Morgan fingerprint density at radius 1 is 1.24 bits per heavy atom. The van der Waals surface area contributed by atoms with Crippen molar-refractivity contribution in [2.45, 2.75) is 6.92 Å². The molecule has 0 aromatic heterocycles. The molecule has 0 bridgehead atoms. The van der Waals surface area contributed by atoms with Gasteiger partial charge in [-0.3, -0.25) is 4.79 Å². The number of hydrogen-bond donors (Lipinski definition) is 2. The third kappa shape index (κ3) is 3.56. The molecule has 0 radical (unpaired) electrons. The maximum absolute atomic E-state index is 13.1. The van der Waals surface area contributed by atoms with E-state index >= 15 is 0 Å². The first kappa shape index (κ1) is 15.4. The van der Waals surface area contributed by atoms with E-state index in [-0.39, 0.29) is 10.9 Å². The first-order chi connectivity index (χ1) is 9.88. The number of anilines is 1.